The first-order valence-electron chi connectivity index (χ1n) is 5.57. The summed E-state index contributed by atoms with van der Waals surface area (Å²) < 4.78 is 5.84. The summed E-state index contributed by atoms with van der Waals surface area (Å²) in [6.45, 7) is 4.53. The lowest BCUT2D eigenvalue weighted by molar-refractivity contribution is 0.0938. The SMILES string of the molecule is COc1ccc(Br)c(C(=O)NCC(C)(C)CCl)c1. The summed E-state index contributed by atoms with van der Waals surface area (Å²) in [5.41, 5.74) is 0.433. The van der Waals surface area contributed by atoms with Gasteiger partial charge in [0.25, 0.3) is 5.91 Å². The fourth-order valence-corrected chi connectivity index (χ4v) is 1.79. The summed E-state index contributed by atoms with van der Waals surface area (Å²) in [4.78, 5) is 12.1. The Labute approximate surface area is 121 Å². The van der Waals surface area contributed by atoms with Crippen LogP contribution in [0.2, 0.25) is 0 Å². The Morgan fingerprint density at radius 2 is 2.17 bits per heavy atom. The van der Waals surface area contributed by atoms with Crippen molar-refractivity contribution in [2.24, 2.45) is 5.41 Å². The van der Waals surface area contributed by atoms with Crippen molar-refractivity contribution < 1.29 is 9.53 Å². The van der Waals surface area contributed by atoms with Crippen LogP contribution in [-0.4, -0.2) is 25.4 Å². The number of hydrogen-bond donors (Lipinski definition) is 1. The lowest BCUT2D eigenvalue weighted by atomic mass is 9.96. The average Bonchev–Trinajstić information content (AvgIpc) is 2.36. The maximum Gasteiger partial charge on any atom is 0.252 e. The predicted molar refractivity (Wildman–Crippen MR) is 77.5 cm³/mol. The minimum Gasteiger partial charge on any atom is -0.497 e. The summed E-state index contributed by atoms with van der Waals surface area (Å²) in [5.74, 6) is 1.01. The van der Waals surface area contributed by atoms with E-state index in [-0.39, 0.29) is 11.3 Å². The fraction of sp³-hybridized carbons (Fsp3) is 0.462. The molecule has 100 valence electrons. The van der Waals surface area contributed by atoms with E-state index in [4.69, 9.17) is 16.3 Å². The van der Waals surface area contributed by atoms with Crippen LogP contribution in [0.1, 0.15) is 24.2 Å². The third-order valence-corrected chi connectivity index (χ3v) is 3.92. The molecule has 0 unspecified atom stereocenters. The standard InChI is InChI=1S/C13H17BrClNO2/c1-13(2,7-15)8-16-12(17)10-6-9(18-3)4-5-11(10)14/h4-6H,7-8H2,1-3H3,(H,16,17). The van der Waals surface area contributed by atoms with Gasteiger partial charge in [-0.15, -0.1) is 11.6 Å². The van der Waals surface area contributed by atoms with Crippen molar-refractivity contribution in [3.63, 3.8) is 0 Å². The van der Waals surface area contributed by atoms with Gasteiger partial charge in [0, 0.05) is 16.9 Å². The molecule has 0 aliphatic rings. The first-order chi connectivity index (χ1) is 8.39. The molecule has 1 N–H and O–H groups in total. The molecule has 1 aromatic carbocycles. The van der Waals surface area contributed by atoms with Gasteiger partial charge in [0.2, 0.25) is 0 Å². The minimum absolute atomic E-state index is 0.122. The fourth-order valence-electron chi connectivity index (χ4n) is 1.27. The molecule has 1 aromatic rings. The third kappa shape index (κ3) is 4.18. The molecule has 0 heterocycles. The molecular weight excluding hydrogens is 318 g/mol. The zero-order chi connectivity index (χ0) is 13.8. The highest BCUT2D eigenvalue weighted by molar-refractivity contribution is 9.10. The van der Waals surface area contributed by atoms with Gasteiger partial charge in [-0.3, -0.25) is 4.79 Å². The minimum atomic E-state index is -0.140. The van der Waals surface area contributed by atoms with Crippen LogP contribution in [0.15, 0.2) is 22.7 Å². The van der Waals surface area contributed by atoms with Gasteiger partial charge in [-0.25, -0.2) is 0 Å². The van der Waals surface area contributed by atoms with Crippen LogP contribution < -0.4 is 10.1 Å². The second kappa shape index (κ2) is 6.43. The van der Waals surface area contributed by atoms with Crippen LogP contribution >= 0.6 is 27.5 Å². The van der Waals surface area contributed by atoms with E-state index < -0.39 is 0 Å². The first-order valence-corrected chi connectivity index (χ1v) is 6.90. The molecule has 0 fully saturated rings. The third-order valence-electron chi connectivity index (χ3n) is 2.51. The first kappa shape index (κ1) is 15.3. The Hall–Kier alpha value is -0.740. The summed E-state index contributed by atoms with van der Waals surface area (Å²) in [6.07, 6.45) is 0. The zero-order valence-electron chi connectivity index (χ0n) is 10.7. The van der Waals surface area contributed by atoms with Gasteiger partial charge in [-0.1, -0.05) is 13.8 Å². The number of carbonyl (C=O) groups excluding carboxylic acids is 1. The summed E-state index contributed by atoms with van der Waals surface area (Å²) >= 11 is 9.18. The summed E-state index contributed by atoms with van der Waals surface area (Å²) in [7, 11) is 1.57. The van der Waals surface area contributed by atoms with Crippen LogP contribution in [0.5, 0.6) is 5.75 Å². The molecule has 18 heavy (non-hydrogen) atoms. The van der Waals surface area contributed by atoms with Crippen LogP contribution in [0, 0.1) is 5.41 Å². The van der Waals surface area contributed by atoms with Crippen molar-refractivity contribution in [3.8, 4) is 5.75 Å². The van der Waals surface area contributed by atoms with Crippen LogP contribution in [0.4, 0.5) is 0 Å². The summed E-state index contributed by atoms with van der Waals surface area (Å²) in [6, 6.07) is 5.29. The van der Waals surface area contributed by atoms with Gasteiger partial charge >= 0.3 is 0 Å². The van der Waals surface area contributed by atoms with Gasteiger partial charge in [-0.05, 0) is 39.5 Å². The molecule has 0 aliphatic carbocycles. The highest BCUT2D eigenvalue weighted by atomic mass is 79.9. The van der Waals surface area contributed by atoms with E-state index in [0.717, 1.165) is 4.47 Å². The van der Waals surface area contributed by atoms with E-state index in [1.807, 2.05) is 13.8 Å². The van der Waals surface area contributed by atoms with Crippen molar-refractivity contribution >= 4 is 33.4 Å². The second-order valence-electron chi connectivity index (χ2n) is 4.83. The molecule has 0 aliphatic heterocycles. The van der Waals surface area contributed by atoms with Gasteiger partial charge in [0.05, 0.1) is 12.7 Å². The quantitative estimate of drug-likeness (QED) is 0.838. The number of halogens is 2. The number of amides is 1. The normalized spacial score (nSPS) is 11.2. The Kier molecular flexibility index (Phi) is 5.47. The lowest BCUT2D eigenvalue weighted by Gasteiger charge is -2.21. The molecule has 5 heteroatoms. The Balaban J connectivity index is 2.78. The monoisotopic (exact) mass is 333 g/mol. The molecular formula is C13H17BrClNO2. The number of methoxy groups -OCH3 is 1. The number of carbonyl (C=O) groups is 1. The highest BCUT2D eigenvalue weighted by Gasteiger charge is 2.19. The van der Waals surface area contributed by atoms with Gasteiger partial charge < -0.3 is 10.1 Å². The van der Waals surface area contributed by atoms with Crippen molar-refractivity contribution in [1.82, 2.24) is 5.32 Å². The molecule has 0 saturated heterocycles. The van der Waals surface area contributed by atoms with E-state index in [0.29, 0.717) is 23.7 Å². The molecule has 0 atom stereocenters. The maximum atomic E-state index is 12.1. The molecule has 0 aromatic heterocycles. The Morgan fingerprint density at radius 3 is 2.72 bits per heavy atom. The number of hydrogen-bond acceptors (Lipinski definition) is 2. The summed E-state index contributed by atoms with van der Waals surface area (Å²) in [5, 5.41) is 2.87. The molecule has 0 spiro atoms. The lowest BCUT2D eigenvalue weighted by Crippen LogP contribution is -2.35. The van der Waals surface area contributed by atoms with E-state index in [1.165, 1.54) is 0 Å². The highest BCUT2D eigenvalue weighted by Crippen LogP contribution is 2.23. The van der Waals surface area contributed by atoms with E-state index in [9.17, 15) is 4.79 Å². The molecule has 3 nitrogen and oxygen atoms in total. The number of alkyl halides is 1. The predicted octanol–water partition coefficient (Wildman–Crippen LogP) is 3.45. The maximum absolute atomic E-state index is 12.1. The largest absolute Gasteiger partial charge is 0.497 e. The Morgan fingerprint density at radius 1 is 1.50 bits per heavy atom. The van der Waals surface area contributed by atoms with Gasteiger partial charge in [0.1, 0.15) is 5.75 Å². The molecule has 1 rings (SSSR count). The number of rotatable bonds is 5. The van der Waals surface area contributed by atoms with Crippen LogP contribution in [-0.2, 0) is 0 Å². The smallest absolute Gasteiger partial charge is 0.252 e. The van der Waals surface area contributed by atoms with Gasteiger partial charge in [-0.2, -0.15) is 0 Å². The topological polar surface area (TPSA) is 38.3 Å². The molecule has 0 saturated carbocycles. The second-order valence-corrected chi connectivity index (χ2v) is 5.95. The van der Waals surface area contributed by atoms with Crippen molar-refractivity contribution in [2.45, 2.75) is 13.8 Å². The van der Waals surface area contributed by atoms with Crippen molar-refractivity contribution in [3.05, 3.63) is 28.2 Å². The van der Waals surface area contributed by atoms with Crippen LogP contribution in [0.3, 0.4) is 0 Å². The van der Waals surface area contributed by atoms with Crippen LogP contribution in [0.25, 0.3) is 0 Å². The molecule has 0 bridgehead atoms. The van der Waals surface area contributed by atoms with E-state index >= 15 is 0 Å². The number of benzene rings is 1. The van der Waals surface area contributed by atoms with Crippen molar-refractivity contribution in [1.29, 1.82) is 0 Å². The number of nitrogens with one attached hydrogen (secondary N) is 1. The average molecular weight is 335 g/mol. The van der Waals surface area contributed by atoms with Crippen molar-refractivity contribution in [2.75, 3.05) is 19.5 Å². The van der Waals surface area contributed by atoms with E-state index in [1.54, 1.807) is 25.3 Å². The molecule has 0 radical (unpaired) electrons. The van der Waals surface area contributed by atoms with E-state index in [2.05, 4.69) is 21.2 Å². The Bertz CT molecular complexity index is 435. The van der Waals surface area contributed by atoms with Gasteiger partial charge in [0.15, 0.2) is 0 Å². The molecule has 1 amide bonds. The zero-order valence-corrected chi connectivity index (χ0v) is 13.1. The number of ether oxygens (including phenoxy) is 1.